The standard InChI is InChI=1S/C13H8Cl2N2OS2/c14-7-1-2-8-9(5-7)17-13(16-8)19-6-10(18)11-3-4-12(15)20-11/h1-5H,6H2,(H,16,17). The molecule has 3 rings (SSSR count). The highest BCUT2D eigenvalue weighted by Gasteiger charge is 2.11. The first-order valence-electron chi connectivity index (χ1n) is 5.68. The van der Waals surface area contributed by atoms with Crippen LogP contribution in [0.25, 0.3) is 11.0 Å². The van der Waals surface area contributed by atoms with Gasteiger partial charge in [0.05, 0.1) is 26.0 Å². The summed E-state index contributed by atoms with van der Waals surface area (Å²) in [5, 5.41) is 1.36. The van der Waals surface area contributed by atoms with Gasteiger partial charge in [-0.3, -0.25) is 4.79 Å². The van der Waals surface area contributed by atoms with E-state index in [1.165, 1.54) is 23.1 Å². The van der Waals surface area contributed by atoms with E-state index in [2.05, 4.69) is 9.97 Å². The second-order valence-electron chi connectivity index (χ2n) is 4.02. The number of Topliss-reactive ketones (excluding diaryl/α,β-unsaturated/α-hetero) is 1. The van der Waals surface area contributed by atoms with E-state index < -0.39 is 0 Å². The molecule has 0 bridgehead atoms. The van der Waals surface area contributed by atoms with Crippen molar-refractivity contribution in [2.45, 2.75) is 5.16 Å². The van der Waals surface area contributed by atoms with Gasteiger partial charge in [-0.25, -0.2) is 4.98 Å². The predicted molar refractivity (Wildman–Crippen MR) is 85.5 cm³/mol. The number of ketones is 1. The summed E-state index contributed by atoms with van der Waals surface area (Å²) in [5.74, 6) is 0.370. The highest BCUT2D eigenvalue weighted by Crippen LogP contribution is 2.25. The topological polar surface area (TPSA) is 45.8 Å². The number of carbonyl (C=O) groups is 1. The Morgan fingerprint density at radius 2 is 2.15 bits per heavy atom. The number of carbonyl (C=O) groups excluding carboxylic acids is 1. The minimum Gasteiger partial charge on any atom is -0.333 e. The van der Waals surface area contributed by atoms with Gasteiger partial charge < -0.3 is 4.98 Å². The van der Waals surface area contributed by atoms with Gasteiger partial charge in [0.25, 0.3) is 0 Å². The Bertz CT molecular complexity index is 782. The van der Waals surface area contributed by atoms with E-state index in [4.69, 9.17) is 23.2 Å². The first-order chi connectivity index (χ1) is 9.61. The number of aromatic amines is 1. The second-order valence-corrected chi connectivity index (χ2v) is 7.13. The monoisotopic (exact) mass is 342 g/mol. The molecule has 3 aromatic rings. The highest BCUT2D eigenvalue weighted by atomic mass is 35.5. The number of aromatic nitrogens is 2. The number of hydrogen-bond acceptors (Lipinski definition) is 4. The zero-order valence-electron chi connectivity index (χ0n) is 10.0. The van der Waals surface area contributed by atoms with Crippen LogP contribution in [-0.4, -0.2) is 21.5 Å². The minimum atomic E-state index is 0.0467. The van der Waals surface area contributed by atoms with E-state index in [-0.39, 0.29) is 5.78 Å². The van der Waals surface area contributed by atoms with Gasteiger partial charge in [-0.2, -0.15) is 0 Å². The predicted octanol–water partition coefficient (Wildman–Crippen LogP) is 4.91. The van der Waals surface area contributed by atoms with E-state index in [0.29, 0.717) is 25.1 Å². The van der Waals surface area contributed by atoms with Gasteiger partial charge in [-0.15, -0.1) is 11.3 Å². The van der Waals surface area contributed by atoms with E-state index >= 15 is 0 Å². The summed E-state index contributed by atoms with van der Waals surface area (Å²) in [5.41, 5.74) is 1.70. The Morgan fingerprint density at radius 3 is 2.90 bits per heavy atom. The van der Waals surface area contributed by atoms with E-state index in [1.54, 1.807) is 18.2 Å². The molecule has 1 aromatic carbocycles. The Hall–Kier alpha value is -1.01. The van der Waals surface area contributed by atoms with Crippen LogP contribution in [0.3, 0.4) is 0 Å². The molecule has 0 spiro atoms. The molecule has 0 atom stereocenters. The van der Waals surface area contributed by atoms with E-state index in [1.807, 2.05) is 12.1 Å². The molecule has 0 fully saturated rings. The molecular formula is C13H8Cl2N2OS2. The van der Waals surface area contributed by atoms with E-state index in [9.17, 15) is 4.79 Å². The quantitative estimate of drug-likeness (QED) is 0.541. The summed E-state index contributed by atoms with van der Waals surface area (Å²) in [6, 6.07) is 8.92. The smallest absolute Gasteiger partial charge is 0.183 e. The lowest BCUT2D eigenvalue weighted by Crippen LogP contribution is -1.99. The van der Waals surface area contributed by atoms with Gasteiger partial charge in [0.1, 0.15) is 0 Å². The van der Waals surface area contributed by atoms with Crippen LogP contribution in [0, 0.1) is 0 Å². The summed E-state index contributed by atoms with van der Waals surface area (Å²) in [7, 11) is 0. The van der Waals surface area contributed by atoms with Crippen LogP contribution in [0.5, 0.6) is 0 Å². The lowest BCUT2D eigenvalue weighted by molar-refractivity contribution is 0.102. The van der Waals surface area contributed by atoms with Crippen LogP contribution in [0.15, 0.2) is 35.5 Å². The summed E-state index contributed by atoms with van der Waals surface area (Å²) >= 11 is 14.4. The molecule has 0 radical (unpaired) electrons. The third kappa shape index (κ3) is 3.01. The number of thioether (sulfide) groups is 1. The number of fused-ring (bicyclic) bond motifs is 1. The molecule has 102 valence electrons. The fraction of sp³-hybridized carbons (Fsp3) is 0.0769. The van der Waals surface area contributed by atoms with Crippen LogP contribution < -0.4 is 0 Å². The zero-order valence-corrected chi connectivity index (χ0v) is 13.2. The van der Waals surface area contributed by atoms with Crippen LogP contribution >= 0.6 is 46.3 Å². The molecule has 7 heteroatoms. The Balaban J connectivity index is 1.72. The number of thiophene rings is 1. The molecule has 0 saturated carbocycles. The fourth-order valence-corrected chi connectivity index (χ4v) is 3.71. The van der Waals surface area contributed by atoms with Crippen molar-refractivity contribution in [3.8, 4) is 0 Å². The number of H-pyrrole nitrogens is 1. The van der Waals surface area contributed by atoms with Crippen molar-refractivity contribution in [2.24, 2.45) is 0 Å². The maximum absolute atomic E-state index is 12.0. The van der Waals surface area contributed by atoms with Crippen molar-refractivity contribution in [1.29, 1.82) is 0 Å². The van der Waals surface area contributed by atoms with Crippen molar-refractivity contribution < 1.29 is 4.79 Å². The van der Waals surface area contributed by atoms with Gasteiger partial charge in [-0.05, 0) is 30.3 Å². The maximum atomic E-state index is 12.0. The highest BCUT2D eigenvalue weighted by molar-refractivity contribution is 7.99. The second kappa shape index (κ2) is 5.77. The maximum Gasteiger partial charge on any atom is 0.183 e. The molecular weight excluding hydrogens is 335 g/mol. The summed E-state index contributed by atoms with van der Waals surface area (Å²) in [6.45, 7) is 0. The average molecular weight is 343 g/mol. The minimum absolute atomic E-state index is 0.0467. The number of halogens is 2. The van der Waals surface area contributed by atoms with Gasteiger partial charge in [0.2, 0.25) is 0 Å². The molecule has 0 aliphatic heterocycles. The molecule has 0 amide bonds. The van der Waals surface area contributed by atoms with Gasteiger partial charge in [0.15, 0.2) is 10.9 Å². The molecule has 1 N–H and O–H groups in total. The zero-order chi connectivity index (χ0) is 14.1. The summed E-state index contributed by atoms with van der Waals surface area (Å²) in [6.07, 6.45) is 0. The Labute approximate surface area is 133 Å². The SMILES string of the molecule is O=C(CSc1nc2ccc(Cl)cc2[nH]1)c1ccc(Cl)s1. The van der Waals surface area contributed by atoms with Gasteiger partial charge in [-0.1, -0.05) is 35.0 Å². The van der Waals surface area contributed by atoms with Crippen molar-refractivity contribution >= 4 is 63.1 Å². The van der Waals surface area contributed by atoms with Gasteiger partial charge in [0, 0.05) is 5.02 Å². The largest absolute Gasteiger partial charge is 0.333 e. The number of rotatable bonds is 4. The molecule has 0 aliphatic rings. The third-order valence-electron chi connectivity index (χ3n) is 2.61. The molecule has 2 heterocycles. The molecule has 0 saturated heterocycles. The molecule has 2 aromatic heterocycles. The molecule has 20 heavy (non-hydrogen) atoms. The summed E-state index contributed by atoms with van der Waals surface area (Å²) < 4.78 is 0.622. The fourth-order valence-electron chi connectivity index (χ4n) is 1.70. The molecule has 0 unspecified atom stereocenters. The number of nitrogens with zero attached hydrogens (tertiary/aromatic N) is 1. The number of imidazole rings is 1. The molecule has 0 aliphatic carbocycles. The summed E-state index contributed by atoms with van der Waals surface area (Å²) in [4.78, 5) is 20.2. The van der Waals surface area contributed by atoms with Crippen LogP contribution in [0.4, 0.5) is 0 Å². The first kappa shape index (κ1) is 13.9. The van der Waals surface area contributed by atoms with Crippen LogP contribution in [-0.2, 0) is 0 Å². The van der Waals surface area contributed by atoms with Gasteiger partial charge >= 0.3 is 0 Å². The van der Waals surface area contributed by atoms with Crippen molar-refractivity contribution in [2.75, 3.05) is 5.75 Å². The van der Waals surface area contributed by atoms with Crippen molar-refractivity contribution in [1.82, 2.24) is 9.97 Å². The Kier molecular flexibility index (Phi) is 4.03. The Morgan fingerprint density at radius 1 is 1.30 bits per heavy atom. The number of benzene rings is 1. The normalized spacial score (nSPS) is 11.1. The lowest BCUT2D eigenvalue weighted by atomic mass is 10.3. The molecule has 3 nitrogen and oxygen atoms in total. The number of nitrogens with one attached hydrogen (secondary N) is 1. The average Bonchev–Trinajstić information content (AvgIpc) is 3.01. The van der Waals surface area contributed by atoms with Crippen molar-refractivity contribution in [3.05, 3.63) is 44.6 Å². The van der Waals surface area contributed by atoms with E-state index in [0.717, 1.165) is 11.0 Å². The van der Waals surface area contributed by atoms with Crippen LogP contribution in [0.1, 0.15) is 9.67 Å². The van der Waals surface area contributed by atoms with Crippen LogP contribution in [0.2, 0.25) is 9.36 Å². The lowest BCUT2D eigenvalue weighted by Gasteiger charge is -1.95. The van der Waals surface area contributed by atoms with Crippen molar-refractivity contribution in [3.63, 3.8) is 0 Å². The third-order valence-corrected chi connectivity index (χ3v) is 4.99. The number of hydrogen-bond donors (Lipinski definition) is 1. The first-order valence-corrected chi connectivity index (χ1v) is 8.24.